The van der Waals surface area contributed by atoms with Crippen molar-refractivity contribution >= 4 is 10.8 Å². The molecular formula is C10H8FNO2. The molecule has 0 aliphatic heterocycles. The largest absolute Gasteiger partial charge is 0.496 e. The molecule has 72 valence electrons. The first-order chi connectivity index (χ1) is 6.72. The summed E-state index contributed by atoms with van der Waals surface area (Å²) in [6.45, 7) is 0. The second-order valence-corrected chi connectivity index (χ2v) is 2.88. The van der Waals surface area contributed by atoms with Crippen molar-refractivity contribution in [2.45, 2.75) is 0 Å². The minimum absolute atomic E-state index is 0.252. The summed E-state index contributed by atoms with van der Waals surface area (Å²) in [5.74, 6) is -0.165. The lowest BCUT2D eigenvalue weighted by Gasteiger charge is -2.03. The van der Waals surface area contributed by atoms with Crippen LogP contribution in [0.4, 0.5) is 4.39 Å². The molecule has 0 aliphatic carbocycles. The summed E-state index contributed by atoms with van der Waals surface area (Å²) in [4.78, 5) is 13.9. The topological polar surface area (TPSA) is 42.1 Å². The molecule has 14 heavy (non-hydrogen) atoms. The molecule has 0 unspecified atom stereocenters. The second-order valence-electron chi connectivity index (χ2n) is 2.88. The number of methoxy groups -OCH3 is 1. The Morgan fingerprint density at radius 3 is 2.93 bits per heavy atom. The Morgan fingerprint density at radius 1 is 1.43 bits per heavy atom. The molecule has 0 fully saturated rings. The highest BCUT2D eigenvalue weighted by molar-refractivity contribution is 5.87. The molecule has 1 aromatic heterocycles. The van der Waals surface area contributed by atoms with Gasteiger partial charge in [-0.05, 0) is 17.5 Å². The molecule has 0 radical (unpaired) electrons. The maximum Gasteiger partial charge on any atom is 0.259 e. The Morgan fingerprint density at radius 2 is 2.21 bits per heavy atom. The van der Waals surface area contributed by atoms with E-state index in [1.807, 2.05) is 0 Å². The number of nitrogens with one attached hydrogen (secondary N) is 1. The summed E-state index contributed by atoms with van der Waals surface area (Å²) in [5.41, 5.74) is -0.278. The summed E-state index contributed by atoms with van der Waals surface area (Å²) in [6, 6.07) is 4.12. The van der Waals surface area contributed by atoms with E-state index in [1.54, 1.807) is 6.07 Å². The summed E-state index contributed by atoms with van der Waals surface area (Å²) >= 11 is 0. The summed E-state index contributed by atoms with van der Waals surface area (Å²) < 4.78 is 18.0. The number of benzene rings is 1. The molecule has 2 aromatic rings. The van der Waals surface area contributed by atoms with E-state index in [9.17, 15) is 9.18 Å². The quantitative estimate of drug-likeness (QED) is 0.748. The van der Waals surface area contributed by atoms with Gasteiger partial charge >= 0.3 is 0 Å². The van der Waals surface area contributed by atoms with E-state index in [4.69, 9.17) is 4.74 Å². The van der Waals surface area contributed by atoms with Gasteiger partial charge in [-0.2, -0.15) is 0 Å². The van der Waals surface area contributed by atoms with Crippen molar-refractivity contribution < 1.29 is 9.13 Å². The Bertz CT molecular complexity index is 533. The summed E-state index contributed by atoms with van der Waals surface area (Å²) in [6.07, 6.45) is 1.48. The highest BCUT2D eigenvalue weighted by Crippen LogP contribution is 2.22. The van der Waals surface area contributed by atoms with Crippen molar-refractivity contribution in [1.29, 1.82) is 0 Å². The zero-order chi connectivity index (χ0) is 10.1. The van der Waals surface area contributed by atoms with E-state index in [1.165, 1.54) is 25.4 Å². The van der Waals surface area contributed by atoms with Crippen molar-refractivity contribution in [2.75, 3.05) is 7.11 Å². The van der Waals surface area contributed by atoms with E-state index in [2.05, 4.69) is 4.98 Å². The zero-order valence-electron chi connectivity index (χ0n) is 7.50. The Labute approximate surface area is 79.1 Å². The third-order valence-corrected chi connectivity index (χ3v) is 2.02. The number of aromatic nitrogens is 1. The van der Waals surface area contributed by atoms with Gasteiger partial charge in [-0.3, -0.25) is 4.79 Å². The fraction of sp³-hybridized carbons (Fsp3) is 0.100. The lowest BCUT2D eigenvalue weighted by molar-refractivity contribution is 0.416. The Balaban J connectivity index is 2.96. The first-order valence-electron chi connectivity index (χ1n) is 4.07. The van der Waals surface area contributed by atoms with Gasteiger partial charge in [-0.1, -0.05) is 0 Å². The van der Waals surface area contributed by atoms with Crippen LogP contribution in [0, 0.1) is 5.82 Å². The van der Waals surface area contributed by atoms with Crippen molar-refractivity contribution in [1.82, 2.24) is 4.98 Å². The molecule has 1 aromatic carbocycles. The van der Waals surface area contributed by atoms with Gasteiger partial charge < -0.3 is 9.72 Å². The van der Waals surface area contributed by atoms with Crippen LogP contribution in [0.5, 0.6) is 5.75 Å². The third kappa shape index (κ3) is 1.25. The first-order valence-corrected chi connectivity index (χ1v) is 4.07. The van der Waals surface area contributed by atoms with Crippen molar-refractivity contribution in [3.8, 4) is 5.75 Å². The number of H-pyrrole nitrogens is 1. The molecule has 0 aliphatic rings. The molecule has 3 nitrogen and oxygen atoms in total. The number of ether oxygens (including phenoxy) is 1. The lowest BCUT2D eigenvalue weighted by Crippen LogP contribution is -2.06. The minimum Gasteiger partial charge on any atom is -0.496 e. The van der Waals surface area contributed by atoms with Crippen LogP contribution in [0.25, 0.3) is 10.8 Å². The fourth-order valence-corrected chi connectivity index (χ4v) is 1.42. The average molecular weight is 193 g/mol. The molecule has 0 spiro atoms. The van der Waals surface area contributed by atoms with Gasteiger partial charge in [0.25, 0.3) is 5.56 Å². The van der Waals surface area contributed by atoms with Gasteiger partial charge in [-0.15, -0.1) is 0 Å². The average Bonchev–Trinajstić information content (AvgIpc) is 2.16. The van der Waals surface area contributed by atoms with Gasteiger partial charge in [-0.25, -0.2) is 4.39 Å². The number of hydrogen-bond donors (Lipinski definition) is 1. The molecule has 0 bridgehead atoms. The highest BCUT2D eigenvalue weighted by atomic mass is 19.1. The number of hydrogen-bond acceptors (Lipinski definition) is 2. The van der Waals surface area contributed by atoms with Crippen molar-refractivity contribution in [3.05, 3.63) is 40.6 Å². The summed E-state index contributed by atoms with van der Waals surface area (Å²) in [5, 5.41) is 0.905. The molecule has 1 N–H and O–H groups in total. The van der Waals surface area contributed by atoms with Gasteiger partial charge in [0.15, 0.2) is 0 Å². The van der Waals surface area contributed by atoms with Crippen LogP contribution in [0.2, 0.25) is 0 Å². The van der Waals surface area contributed by atoms with E-state index in [-0.39, 0.29) is 11.3 Å². The third-order valence-electron chi connectivity index (χ3n) is 2.02. The highest BCUT2D eigenvalue weighted by Gasteiger charge is 2.07. The monoisotopic (exact) mass is 193 g/mol. The zero-order valence-corrected chi connectivity index (χ0v) is 7.50. The predicted octanol–water partition coefficient (Wildman–Crippen LogP) is 1.68. The Kier molecular flexibility index (Phi) is 1.96. The molecule has 0 atom stereocenters. The number of aromatic amines is 1. The van der Waals surface area contributed by atoms with Crippen LogP contribution < -0.4 is 10.3 Å². The van der Waals surface area contributed by atoms with Crippen LogP contribution in [-0.4, -0.2) is 12.1 Å². The van der Waals surface area contributed by atoms with Crippen molar-refractivity contribution in [3.63, 3.8) is 0 Å². The standard InChI is InChI=1S/C10H8FNO2/c1-14-8-5-7(11)4-6-2-3-12-10(13)9(6)8/h2-5H,1H3,(H,12,13). The van der Waals surface area contributed by atoms with Crippen LogP contribution in [0.15, 0.2) is 29.2 Å². The lowest BCUT2D eigenvalue weighted by atomic mass is 10.1. The van der Waals surface area contributed by atoms with E-state index >= 15 is 0 Å². The van der Waals surface area contributed by atoms with Gasteiger partial charge in [0.05, 0.1) is 12.5 Å². The molecule has 0 amide bonds. The van der Waals surface area contributed by atoms with E-state index < -0.39 is 5.82 Å². The number of rotatable bonds is 1. The van der Waals surface area contributed by atoms with Gasteiger partial charge in [0, 0.05) is 12.3 Å². The fourth-order valence-electron chi connectivity index (χ4n) is 1.42. The second kappa shape index (κ2) is 3.14. The molecule has 2 rings (SSSR count). The Hall–Kier alpha value is -1.84. The van der Waals surface area contributed by atoms with Crippen LogP contribution >= 0.6 is 0 Å². The first kappa shape index (κ1) is 8.74. The number of halogens is 1. The van der Waals surface area contributed by atoms with Crippen LogP contribution in [-0.2, 0) is 0 Å². The summed E-state index contributed by atoms with van der Waals surface area (Å²) in [7, 11) is 1.40. The van der Waals surface area contributed by atoms with Gasteiger partial charge in [0.1, 0.15) is 11.6 Å². The number of pyridine rings is 1. The minimum atomic E-state index is -0.417. The normalized spacial score (nSPS) is 10.4. The molecule has 1 heterocycles. The van der Waals surface area contributed by atoms with E-state index in [0.717, 1.165) is 0 Å². The number of fused-ring (bicyclic) bond motifs is 1. The molecule has 0 saturated heterocycles. The van der Waals surface area contributed by atoms with Gasteiger partial charge in [0.2, 0.25) is 0 Å². The molecule has 4 heteroatoms. The van der Waals surface area contributed by atoms with E-state index in [0.29, 0.717) is 10.8 Å². The molecule has 0 saturated carbocycles. The van der Waals surface area contributed by atoms with Crippen molar-refractivity contribution in [2.24, 2.45) is 0 Å². The SMILES string of the molecule is COc1cc(F)cc2cc[nH]c(=O)c12. The maximum absolute atomic E-state index is 13.0. The maximum atomic E-state index is 13.0. The van der Waals surface area contributed by atoms with Crippen LogP contribution in [0.1, 0.15) is 0 Å². The smallest absolute Gasteiger partial charge is 0.259 e. The molecular weight excluding hydrogens is 185 g/mol. The predicted molar refractivity (Wildman–Crippen MR) is 51.1 cm³/mol. The van der Waals surface area contributed by atoms with Crippen LogP contribution in [0.3, 0.4) is 0 Å².